The van der Waals surface area contributed by atoms with Crippen molar-refractivity contribution >= 4 is 30.1 Å². The zero-order chi connectivity index (χ0) is 17.4. The lowest BCUT2D eigenvalue weighted by Crippen LogP contribution is -2.40. The molecule has 0 aromatic heterocycles. The van der Waals surface area contributed by atoms with E-state index in [-0.39, 0.29) is 18.3 Å². The van der Waals surface area contributed by atoms with Gasteiger partial charge in [-0.25, -0.2) is 0 Å². The smallest absolute Gasteiger partial charge is 0.237 e. The molecule has 1 saturated heterocycles. The van der Waals surface area contributed by atoms with Crippen LogP contribution in [-0.4, -0.2) is 41.4 Å². The number of likely N-dealkylation sites (tertiary alicyclic amines) is 1. The van der Waals surface area contributed by atoms with Crippen LogP contribution in [0.25, 0.3) is 0 Å². The minimum absolute atomic E-state index is 0. The fourth-order valence-corrected chi connectivity index (χ4v) is 3.58. The lowest BCUT2D eigenvalue weighted by atomic mass is 10.0. The van der Waals surface area contributed by atoms with Gasteiger partial charge in [0.25, 0.3) is 0 Å². The molecule has 2 rings (SSSR count). The lowest BCUT2D eigenvalue weighted by Gasteiger charge is -2.33. The number of piperidine rings is 1. The van der Waals surface area contributed by atoms with Crippen molar-refractivity contribution in [2.75, 3.05) is 18.6 Å². The first-order chi connectivity index (χ1) is 11.6. The minimum atomic E-state index is -0.405. The second-order valence-corrected chi connectivity index (χ2v) is 7.72. The number of nitrogens with zero attached hydrogens (tertiary/aromatic N) is 1. The summed E-state index contributed by atoms with van der Waals surface area (Å²) in [5, 5.41) is 2.93. The molecule has 0 spiro atoms. The van der Waals surface area contributed by atoms with Crippen molar-refractivity contribution in [2.45, 2.75) is 57.8 Å². The summed E-state index contributed by atoms with van der Waals surface area (Å²) in [5.41, 5.74) is 8.34. The number of rotatable bonds is 8. The molecule has 0 saturated carbocycles. The van der Waals surface area contributed by atoms with Crippen LogP contribution in [0.2, 0.25) is 0 Å². The van der Waals surface area contributed by atoms with E-state index < -0.39 is 6.04 Å². The first-order valence-electron chi connectivity index (χ1n) is 8.94. The molecule has 2 atom stereocenters. The molecule has 1 aromatic carbocycles. The summed E-state index contributed by atoms with van der Waals surface area (Å²) in [6.45, 7) is 5.09. The van der Waals surface area contributed by atoms with E-state index in [2.05, 4.69) is 41.4 Å². The van der Waals surface area contributed by atoms with Crippen LogP contribution in [-0.2, 0) is 17.9 Å². The molecule has 142 valence electrons. The van der Waals surface area contributed by atoms with Crippen LogP contribution < -0.4 is 11.1 Å². The monoisotopic (exact) mass is 385 g/mol. The number of hydrogen-bond donors (Lipinski definition) is 2. The predicted octanol–water partition coefficient (Wildman–Crippen LogP) is 3.18. The molecule has 1 fully saturated rings. The normalized spacial score (nSPS) is 19.1. The molecular formula is C19H32ClN3OS. The van der Waals surface area contributed by atoms with Gasteiger partial charge in [-0.3, -0.25) is 9.69 Å². The number of amides is 1. The first kappa shape index (κ1) is 22.3. The Morgan fingerprint density at radius 1 is 1.32 bits per heavy atom. The van der Waals surface area contributed by atoms with Crippen molar-refractivity contribution in [3.63, 3.8) is 0 Å². The van der Waals surface area contributed by atoms with Crippen LogP contribution in [0.15, 0.2) is 24.3 Å². The van der Waals surface area contributed by atoms with E-state index in [0.29, 0.717) is 12.6 Å². The van der Waals surface area contributed by atoms with Gasteiger partial charge in [-0.05, 0) is 55.9 Å². The van der Waals surface area contributed by atoms with Crippen molar-refractivity contribution in [1.82, 2.24) is 10.2 Å². The SMILES string of the molecule is CSCCC(N)C(=O)NCc1ccc(CN2CCCCC2C)cc1.Cl. The highest BCUT2D eigenvalue weighted by atomic mass is 35.5. The zero-order valence-electron chi connectivity index (χ0n) is 15.4. The van der Waals surface area contributed by atoms with Crippen molar-refractivity contribution < 1.29 is 4.79 Å². The predicted molar refractivity (Wildman–Crippen MR) is 110 cm³/mol. The average Bonchev–Trinajstić information content (AvgIpc) is 2.60. The third-order valence-electron chi connectivity index (χ3n) is 4.79. The van der Waals surface area contributed by atoms with E-state index in [1.165, 1.54) is 31.4 Å². The Morgan fingerprint density at radius 2 is 2.00 bits per heavy atom. The molecule has 0 bridgehead atoms. The second kappa shape index (κ2) is 11.8. The summed E-state index contributed by atoms with van der Waals surface area (Å²) in [6, 6.07) is 8.85. The summed E-state index contributed by atoms with van der Waals surface area (Å²) in [7, 11) is 0. The van der Waals surface area contributed by atoms with Crippen molar-refractivity contribution in [3.05, 3.63) is 35.4 Å². The van der Waals surface area contributed by atoms with Crippen LogP contribution in [0.1, 0.15) is 43.7 Å². The highest BCUT2D eigenvalue weighted by Crippen LogP contribution is 2.19. The molecule has 0 aliphatic carbocycles. The standard InChI is InChI=1S/C19H31N3OS.ClH/c1-15-5-3-4-11-22(15)14-17-8-6-16(7-9-17)13-21-19(23)18(20)10-12-24-2;/h6-9,15,18H,3-5,10-14,20H2,1-2H3,(H,21,23);1H. The van der Waals surface area contributed by atoms with Gasteiger partial charge in [0.2, 0.25) is 5.91 Å². The Hall–Kier alpha value is -0.750. The minimum Gasteiger partial charge on any atom is -0.351 e. The fraction of sp³-hybridized carbons (Fsp3) is 0.632. The van der Waals surface area contributed by atoms with Crippen LogP contribution in [0.3, 0.4) is 0 Å². The van der Waals surface area contributed by atoms with Crippen LogP contribution in [0.5, 0.6) is 0 Å². The molecular weight excluding hydrogens is 354 g/mol. The fourth-order valence-electron chi connectivity index (χ4n) is 3.09. The van der Waals surface area contributed by atoms with E-state index in [1.807, 2.05) is 6.26 Å². The van der Waals surface area contributed by atoms with E-state index in [9.17, 15) is 4.79 Å². The summed E-state index contributed by atoms with van der Waals surface area (Å²) in [4.78, 5) is 14.5. The topological polar surface area (TPSA) is 58.4 Å². The molecule has 0 radical (unpaired) electrons. The van der Waals surface area contributed by atoms with E-state index in [1.54, 1.807) is 11.8 Å². The van der Waals surface area contributed by atoms with Crippen LogP contribution in [0, 0.1) is 0 Å². The molecule has 6 heteroatoms. The van der Waals surface area contributed by atoms with Crippen molar-refractivity contribution in [3.8, 4) is 0 Å². The van der Waals surface area contributed by atoms with Crippen molar-refractivity contribution in [1.29, 1.82) is 0 Å². The van der Waals surface area contributed by atoms with Crippen LogP contribution in [0.4, 0.5) is 0 Å². The highest BCUT2D eigenvalue weighted by Gasteiger charge is 2.18. The molecule has 1 heterocycles. The molecule has 3 N–H and O–H groups in total. The van der Waals surface area contributed by atoms with Gasteiger partial charge in [0.1, 0.15) is 0 Å². The molecule has 25 heavy (non-hydrogen) atoms. The van der Waals surface area contributed by atoms with Gasteiger partial charge in [-0.15, -0.1) is 12.4 Å². The summed E-state index contributed by atoms with van der Waals surface area (Å²) >= 11 is 1.71. The second-order valence-electron chi connectivity index (χ2n) is 6.74. The van der Waals surface area contributed by atoms with E-state index >= 15 is 0 Å². The maximum absolute atomic E-state index is 11.9. The number of thioether (sulfide) groups is 1. The molecule has 1 aliphatic heterocycles. The van der Waals surface area contributed by atoms with Crippen molar-refractivity contribution in [2.24, 2.45) is 5.73 Å². The molecule has 4 nitrogen and oxygen atoms in total. The Balaban J connectivity index is 0.00000312. The number of nitrogens with two attached hydrogens (primary N) is 1. The van der Waals surface area contributed by atoms with E-state index in [0.717, 1.165) is 24.3 Å². The number of carbonyl (C=O) groups excluding carboxylic acids is 1. The highest BCUT2D eigenvalue weighted by molar-refractivity contribution is 7.98. The van der Waals surface area contributed by atoms with Gasteiger partial charge in [0, 0.05) is 19.1 Å². The Kier molecular flexibility index (Phi) is 10.5. The molecule has 1 aromatic rings. The number of halogens is 1. The number of nitrogens with one attached hydrogen (secondary N) is 1. The Morgan fingerprint density at radius 3 is 2.64 bits per heavy atom. The van der Waals surface area contributed by atoms with Gasteiger partial charge in [0.05, 0.1) is 6.04 Å². The summed E-state index contributed by atoms with van der Waals surface area (Å²) in [5.74, 6) is 0.855. The van der Waals surface area contributed by atoms with Gasteiger partial charge in [-0.2, -0.15) is 11.8 Å². The average molecular weight is 386 g/mol. The van der Waals surface area contributed by atoms with E-state index in [4.69, 9.17) is 5.73 Å². The number of benzene rings is 1. The van der Waals surface area contributed by atoms with Gasteiger partial charge >= 0.3 is 0 Å². The largest absolute Gasteiger partial charge is 0.351 e. The third-order valence-corrected chi connectivity index (χ3v) is 5.43. The first-order valence-corrected chi connectivity index (χ1v) is 10.3. The third kappa shape index (κ3) is 7.57. The molecule has 1 aliphatic rings. The Labute approximate surface area is 162 Å². The van der Waals surface area contributed by atoms with Gasteiger partial charge in [0.15, 0.2) is 0 Å². The maximum Gasteiger partial charge on any atom is 0.237 e. The van der Waals surface area contributed by atoms with Gasteiger partial charge < -0.3 is 11.1 Å². The number of hydrogen-bond acceptors (Lipinski definition) is 4. The zero-order valence-corrected chi connectivity index (χ0v) is 17.0. The number of carbonyl (C=O) groups is 1. The summed E-state index contributed by atoms with van der Waals surface area (Å²) in [6.07, 6.45) is 6.72. The quantitative estimate of drug-likeness (QED) is 0.721. The maximum atomic E-state index is 11.9. The summed E-state index contributed by atoms with van der Waals surface area (Å²) < 4.78 is 0. The molecule has 2 unspecified atom stereocenters. The molecule has 1 amide bonds. The Bertz CT molecular complexity index is 512. The van der Waals surface area contributed by atoms with Gasteiger partial charge in [-0.1, -0.05) is 30.7 Å². The van der Waals surface area contributed by atoms with Crippen LogP contribution >= 0.6 is 24.2 Å². The lowest BCUT2D eigenvalue weighted by molar-refractivity contribution is -0.122.